The largest absolute Gasteiger partial charge is 0.497 e. The van der Waals surface area contributed by atoms with Crippen molar-refractivity contribution >= 4 is 17.8 Å². The highest BCUT2D eigenvalue weighted by molar-refractivity contribution is 5.98. The van der Waals surface area contributed by atoms with E-state index in [0.717, 1.165) is 0 Å². The summed E-state index contributed by atoms with van der Waals surface area (Å²) in [6.07, 6.45) is 1.89. The van der Waals surface area contributed by atoms with Crippen LogP contribution in [0.15, 0.2) is 54.1 Å². The number of ketones is 1. The lowest BCUT2D eigenvalue weighted by atomic mass is 10.1. The normalized spacial score (nSPS) is 10.8. The first-order chi connectivity index (χ1) is 13.0. The first kappa shape index (κ1) is 19.9. The summed E-state index contributed by atoms with van der Waals surface area (Å²) in [5.74, 6) is -0.657. The van der Waals surface area contributed by atoms with Crippen LogP contribution in [0.2, 0.25) is 0 Å². The molecule has 0 saturated heterocycles. The molecule has 0 radical (unpaired) electrons. The van der Waals surface area contributed by atoms with Gasteiger partial charge in [0.1, 0.15) is 23.2 Å². The lowest BCUT2D eigenvalue weighted by molar-refractivity contribution is -0.138. The molecular weight excluding hydrogens is 349 g/mol. The lowest BCUT2D eigenvalue weighted by Gasteiger charge is -2.05. The Kier molecular flexibility index (Phi) is 7.26. The van der Waals surface area contributed by atoms with Crippen molar-refractivity contribution in [3.63, 3.8) is 0 Å². The molecule has 0 aliphatic carbocycles. The number of benzene rings is 2. The van der Waals surface area contributed by atoms with E-state index < -0.39 is 11.8 Å². The first-order valence-electron chi connectivity index (χ1n) is 8.25. The van der Waals surface area contributed by atoms with Crippen LogP contribution in [0.25, 0.3) is 6.08 Å². The molecule has 0 spiro atoms. The van der Waals surface area contributed by atoms with E-state index >= 15 is 0 Å². The summed E-state index contributed by atoms with van der Waals surface area (Å²) in [5, 5.41) is 9.15. The van der Waals surface area contributed by atoms with Crippen molar-refractivity contribution in [1.29, 1.82) is 5.26 Å². The molecule has 0 aromatic heterocycles. The first-order valence-corrected chi connectivity index (χ1v) is 8.25. The monoisotopic (exact) mass is 367 g/mol. The highest BCUT2D eigenvalue weighted by Gasteiger charge is 2.12. The number of nitriles is 1. The Hall–Kier alpha value is -3.46. The van der Waals surface area contributed by atoms with Gasteiger partial charge in [0.05, 0.1) is 13.7 Å². The predicted molar refractivity (Wildman–Crippen MR) is 97.5 cm³/mol. The van der Waals surface area contributed by atoms with Crippen molar-refractivity contribution in [3.05, 3.63) is 71.0 Å². The van der Waals surface area contributed by atoms with Crippen molar-refractivity contribution in [1.82, 2.24) is 0 Å². The molecule has 0 unspecified atom stereocenters. The summed E-state index contributed by atoms with van der Waals surface area (Å²) in [5.41, 5.74) is 0.931. The molecule has 138 valence electrons. The van der Waals surface area contributed by atoms with Gasteiger partial charge in [-0.3, -0.25) is 4.79 Å². The maximum absolute atomic E-state index is 12.8. The molecule has 0 atom stereocenters. The Labute approximate surface area is 156 Å². The summed E-state index contributed by atoms with van der Waals surface area (Å²) in [7, 11) is 1.55. The second-order valence-electron chi connectivity index (χ2n) is 5.61. The standard InChI is InChI=1S/C21H18FNO4/c1-26-19-10-4-15(5-11-19)13-17(14-23)21(25)27-12-2-3-20(24)16-6-8-18(22)9-7-16/h4-11,13H,2-3,12H2,1H3/b17-13+. The molecule has 2 aromatic rings. The van der Waals surface area contributed by atoms with Crippen LogP contribution in [0.5, 0.6) is 5.75 Å². The van der Waals surface area contributed by atoms with Gasteiger partial charge < -0.3 is 9.47 Å². The van der Waals surface area contributed by atoms with Crippen LogP contribution in [-0.4, -0.2) is 25.5 Å². The number of carbonyl (C=O) groups is 2. The Bertz CT molecular complexity index is 865. The van der Waals surface area contributed by atoms with Crippen molar-refractivity contribution in [3.8, 4) is 11.8 Å². The highest BCUT2D eigenvalue weighted by Crippen LogP contribution is 2.14. The fourth-order valence-electron chi connectivity index (χ4n) is 2.26. The van der Waals surface area contributed by atoms with Crippen LogP contribution < -0.4 is 4.74 Å². The summed E-state index contributed by atoms with van der Waals surface area (Å²) in [6.45, 7) is 0.00734. The second kappa shape index (κ2) is 9.88. The number of halogens is 1. The van der Waals surface area contributed by atoms with Gasteiger partial charge >= 0.3 is 5.97 Å². The Balaban J connectivity index is 1.84. The van der Waals surface area contributed by atoms with Gasteiger partial charge in [-0.05, 0) is 54.5 Å². The topological polar surface area (TPSA) is 76.4 Å². The number of hydrogen-bond acceptors (Lipinski definition) is 5. The van der Waals surface area contributed by atoms with E-state index in [-0.39, 0.29) is 24.4 Å². The number of nitrogens with zero attached hydrogens (tertiary/aromatic N) is 1. The zero-order valence-corrected chi connectivity index (χ0v) is 14.8. The number of ether oxygens (including phenoxy) is 2. The predicted octanol–water partition coefficient (Wildman–Crippen LogP) is 3.95. The third-order valence-electron chi connectivity index (χ3n) is 3.71. The quantitative estimate of drug-likeness (QED) is 0.232. The molecule has 0 amide bonds. The van der Waals surface area contributed by atoms with E-state index in [4.69, 9.17) is 14.7 Å². The van der Waals surface area contributed by atoms with Gasteiger partial charge in [0, 0.05) is 12.0 Å². The highest BCUT2D eigenvalue weighted by atomic mass is 19.1. The van der Waals surface area contributed by atoms with Crippen molar-refractivity contribution in [2.45, 2.75) is 12.8 Å². The van der Waals surface area contributed by atoms with Crippen molar-refractivity contribution in [2.24, 2.45) is 0 Å². The van der Waals surface area contributed by atoms with E-state index in [1.54, 1.807) is 31.4 Å². The molecule has 5 nitrogen and oxygen atoms in total. The van der Waals surface area contributed by atoms with Gasteiger partial charge in [-0.2, -0.15) is 5.26 Å². The van der Waals surface area contributed by atoms with Crippen LogP contribution in [0, 0.1) is 17.1 Å². The molecule has 0 heterocycles. The average molecular weight is 367 g/mol. The number of Topliss-reactive ketones (excluding diaryl/α,β-unsaturated/α-hetero) is 1. The molecule has 6 heteroatoms. The molecule has 0 aliphatic heterocycles. The van der Waals surface area contributed by atoms with E-state index in [0.29, 0.717) is 23.3 Å². The zero-order valence-electron chi connectivity index (χ0n) is 14.8. The number of rotatable bonds is 8. The van der Waals surface area contributed by atoms with E-state index in [2.05, 4.69) is 0 Å². The summed E-state index contributed by atoms with van der Waals surface area (Å²) in [6, 6.07) is 13.9. The van der Waals surface area contributed by atoms with E-state index in [1.165, 1.54) is 30.3 Å². The third-order valence-corrected chi connectivity index (χ3v) is 3.71. The minimum atomic E-state index is -0.748. The Morgan fingerprint density at radius 2 is 1.78 bits per heavy atom. The van der Waals surface area contributed by atoms with Gasteiger partial charge in [-0.1, -0.05) is 12.1 Å². The fourth-order valence-corrected chi connectivity index (χ4v) is 2.26. The van der Waals surface area contributed by atoms with Gasteiger partial charge in [0.25, 0.3) is 0 Å². The number of esters is 1. The lowest BCUT2D eigenvalue weighted by Crippen LogP contribution is -2.09. The molecule has 0 saturated carbocycles. The zero-order chi connectivity index (χ0) is 19.6. The van der Waals surface area contributed by atoms with Gasteiger partial charge in [-0.25, -0.2) is 9.18 Å². The molecule has 0 bridgehead atoms. The molecule has 0 aliphatic rings. The fraction of sp³-hybridized carbons (Fsp3) is 0.190. The second-order valence-corrected chi connectivity index (χ2v) is 5.61. The summed E-state index contributed by atoms with van der Waals surface area (Å²) < 4.78 is 22.9. The van der Waals surface area contributed by atoms with Gasteiger partial charge in [0.2, 0.25) is 0 Å². The smallest absolute Gasteiger partial charge is 0.348 e. The third kappa shape index (κ3) is 6.08. The van der Waals surface area contributed by atoms with Gasteiger partial charge in [-0.15, -0.1) is 0 Å². The van der Waals surface area contributed by atoms with Crippen LogP contribution >= 0.6 is 0 Å². The molecule has 2 aromatic carbocycles. The number of methoxy groups -OCH3 is 1. The Morgan fingerprint density at radius 3 is 2.37 bits per heavy atom. The maximum Gasteiger partial charge on any atom is 0.348 e. The van der Waals surface area contributed by atoms with Crippen LogP contribution in [0.4, 0.5) is 4.39 Å². The molecular formula is C21H18FNO4. The van der Waals surface area contributed by atoms with Crippen LogP contribution in [-0.2, 0) is 9.53 Å². The molecule has 2 rings (SSSR count). The van der Waals surface area contributed by atoms with Crippen molar-refractivity contribution < 1.29 is 23.5 Å². The summed E-state index contributed by atoms with van der Waals surface area (Å²) >= 11 is 0. The van der Waals surface area contributed by atoms with Crippen LogP contribution in [0.1, 0.15) is 28.8 Å². The average Bonchev–Trinajstić information content (AvgIpc) is 2.70. The SMILES string of the molecule is COc1ccc(/C=C(\C#N)C(=O)OCCCC(=O)c2ccc(F)cc2)cc1. The summed E-state index contributed by atoms with van der Waals surface area (Å²) in [4.78, 5) is 23.9. The van der Waals surface area contributed by atoms with E-state index in [1.807, 2.05) is 6.07 Å². The molecule has 0 fully saturated rings. The minimum absolute atomic E-state index is 0.00734. The molecule has 0 N–H and O–H groups in total. The number of hydrogen-bond donors (Lipinski definition) is 0. The maximum atomic E-state index is 12.8. The van der Waals surface area contributed by atoms with Crippen LogP contribution in [0.3, 0.4) is 0 Å². The van der Waals surface area contributed by atoms with Gasteiger partial charge in [0.15, 0.2) is 5.78 Å². The minimum Gasteiger partial charge on any atom is -0.497 e. The number of carbonyl (C=O) groups excluding carboxylic acids is 2. The Morgan fingerprint density at radius 1 is 1.11 bits per heavy atom. The molecule has 27 heavy (non-hydrogen) atoms. The van der Waals surface area contributed by atoms with E-state index in [9.17, 15) is 14.0 Å². The van der Waals surface area contributed by atoms with Crippen molar-refractivity contribution in [2.75, 3.05) is 13.7 Å².